The van der Waals surface area contributed by atoms with E-state index in [1.54, 1.807) is 25.0 Å². The molecule has 2 aromatic heterocycles. The van der Waals surface area contributed by atoms with Gasteiger partial charge in [-0.1, -0.05) is 0 Å². The average molecular weight is 337 g/mol. The third-order valence-electron chi connectivity index (χ3n) is 3.64. The van der Waals surface area contributed by atoms with Gasteiger partial charge in [-0.25, -0.2) is 9.67 Å². The van der Waals surface area contributed by atoms with Crippen LogP contribution in [0.3, 0.4) is 0 Å². The van der Waals surface area contributed by atoms with E-state index in [1.807, 2.05) is 0 Å². The van der Waals surface area contributed by atoms with Gasteiger partial charge in [0.15, 0.2) is 5.82 Å². The van der Waals surface area contributed by atoms with Crippen molar-refractivity contribution >= 4 is 23.2 Å². The van der Waals surface area contributed by atoms with E-state index >= 15 is 0 Å². The standard InChI is InChI=1S/C14H19N5O3S/c1-19-14(16-12(18-19)9-3-5-22-6-4-9)17-13(20)10-7-15-11(23-10)8-21-2/h7,9H,3-6,8H2,1-2H3,(H,16,17,18,20). The molecule has 124 valence electrons. The lowest BCUT2D eigenvalue weighted by molar-refractivity contribution is 0.0835. The Labute approximate surface area is 137 Å². The first-order valence-electron chi connectivity index (χ1n) is 7.41. The van der Waals surface area contributed by atoms with Gasteiger partial charge in [-0.15, -0.1) is 11.3 Å². The van der Waals surface area contributed by atoms with Gasteiger partial charge in [0.2, 0.25) is 5.95 Å². The Morgan fingerprint density at radius 2 is 2.30 bits per heavy atom. The molecule has 0 radical (unpaired) electrons. The second-order valence-electron chi connectivity index (χ2n) is 5.31. The lowest BCUT2D eigenvalue weighted by atomic mass is 10.00. The largest absolute Gasteiger partial charge is 0.381 e. The van der Waals surface area contributed by atoms with Crippen molar-refractivity contribution < 1.29 is 14.3 Å². The molecule has 1 aliphatic rings. The molecule has 3 heterocycles. The topological polar surface area (TPSA) is 91.2 Å². The molecule has 0 aliphatic carbocycles. The first-order chi connectivity index (χ1) is 11.2. The van der Waals surface area contributed by atoms with Crippen LogP contribution >= 0.6 is 11.3 Å². The number of aromatic nitrogens is 4. The summed E-state index contributed by atoms with van der Waals surface area (Å²) in [5, 5.41) is 7.97. The fraction of sp³-hybridized carbons (Fsp3) is 0.571. The lowest BCUT2D eigenvalue weighted by Crippen LogP contribution is -2.15. The second-order valence-corrected chi connectivity index (χ2v) is 6.42. The summed E-state index contributed by atoms with van der Waals surface area (Å²) in [7, 11) is 3.37. The number of aryl methyl sites for hydroxylation is 1. The second kappa shape index (κ2) is 7.16. The number of thiazole rings is 1. The number of anilines is 1. The molecule has 0 bridgehead atoms. The molecular formula is C14H19N5O3S. The minimum Gasteiger partial charge on any atom is -0.381 e. The van der Waals surface area contributed by atoms with Crippen molar-refractivity contribution in [2.24, 2.45) is 7.05 Å². The number of nitrogens with one attached hydrogen (secondary N) is 1. The predicted molar refractivity (Wildman–Crippen MR) is 84.6 cm³/mol. The lowest BCUT2D eigenvalue weighted by Gasteiger charge is -2.18. The maximum Gasteiger partial charge on any atom is 0.269 e. The molecule has 0 unspecified atom stereocenters. The highest BCUT2D eigenvalue weighted by Gasteiger charge is 2.22. The Morgan fingerprint density at radius 1 is 1.52 bits per heavy atom. The van der Waals surface area contributed by atoms with E-state index in [1.165, 1.54) is 11.3 Å². The zero-order valence-corrected chi connectivity index (χ0v) is 13.9. The molecule has 1 aliphatic heterocycles. The number of ether oxygens (including phenoxy) is 2. The minimum absolute atomic E-state index is 0.237. The maximum absolute atomic E-state index is 12.3. The smallest absolute Gasteiger partial charge is 0.269 e. The number of hydrogen-bond acceptors (Lipinski definition) is 7. The highest BCUT2D eigenvalue weighted by molar-refractivity contribution is 7.13. The number of amides is 1. The summed E-state index contributed by atoms with van der Waals surface area (Å²) in [6, 6.07) is 0. The van der Waals surface area contributed by atoms with Crippen molar-refractivity contribution in [2.75, 3.05) is 25.6 Å². The number of methoxy groups -OCH3 is 1. The minimum atomic E-state index is -0.237. The van der Waals surface area contributed by atoms with Crippen LogP contribution in [0.5, 0.6) is 0 Å². The fourth-order valence-corrected chi connectivity index (χ4v) is 3.20. The number of carbonyl (C=O) groups excluding carboxylic acids is 1. The molecule has 1 fully saturated rings. The molecule has 0 saturated carbocycles. The quantitative estimate of drug-likeness (QED) is 0.890. The van der Waals surface area contributed by atoms with Crippen LogP contribution in [0.1, 0.15) is 39.3 Å². The molecule has 0 spiro atoms. The van der Waals surface area contributed by atoms with Crippen LogP contribution in [0, 0.1) is 0 Å². The summed E-state index contributed by atoms with van der Waals surface area (Å²) in [4.78, 5) is 21.4. The number of carbonyl (C=O) groups is 1. The van der Waals surface area contributed by atoms with Gasteiger partial charge in [-0.2, -0.15) is 10.1 Å². The highest BCUT2D eigenvalue weighted by Crippen LogP contribution is 2.25. The monoisotopic (exact) mass is 337 g/mol. The van der Waals surface area contributed by atoms with Crippen LogP contribution in [0.25, 0.3) is 0 Å². The highest BCUT2D eigenvalue weighted by atomic mass is 32.1. The van der Waals surface area contributed by atoms with Gasteiger partial charge in [0, 0.05) is 33.3 Å². The van der Waals surface area contributed by atoms with Gasteiger partial charge in [0.05, 0.1) is 12.8 Å². The van der Waals surface area contributed by atoms with Crippen molar-refractivity contribution in [3.05, 3.63) is 21.9 Å². The molecule has 1 N–H and O–H groups in total. The van der Waals surface area contributed by atoms with E-state index in [2.05, 4.69) is 20.4 Å². The zero-order chi connectivity index (χ0) is 16.2. The zero-order valence-electron chi connectivity index (χ0n) is 13.1. The molecular weight excluding hydrogens is 318 g/mol. The van der Waals surface area contributed by atoms with Crippen LogP contribution in [0.4, 0.5) is 5.95 Å². The molecule has 8 nitrogen and oxygen atoms in total. The Bertz CT molecular complexity index is 678. The van der Waals surface area contributed by atoms with Crippen LogP contribution in [-0.2, 0) is 23.1 Å². The third kappa shape index (κ3) is 3.74. The summed E-state index contributed by atoms with van der Waals surface area (Å²) < 4.78 is 12.0. The van der Waals surface area contributed by atoms with Gasteiger partial charge >= 0.3 is 0 Å². The van der Waals surface area contributed by atoms with E-state index in [9.17, 15) is 4.79 Å². The van der Waals surface area contributed by atoms with Crippen molar-refractivity contribution in [1.82, 2.24) is 19.7 Å². The van der Waals surface area contributed by atoms with E-state index in [0.29, 0.717) is 17.4 Å². The van der Waals surface area contributed by atoms with E-state index in [0.717, 1.165) is 36.9 Å². The van der Waals surface area contributed by atoms with Gasteiger partial charge in [0.25, 0.3) is 5.91 Å². The van der Waals surface area contributed by atoms with Crippen molar-refractivity contribution in [1.29, 1.82) is 0 Å². The Morgan fingerprint density at radius 3 is 3.04 bits per heavy atom. The summed E-state index contributed by atoms with van der Waals surface area (Å²) in [6.45, 7) is 1.86. The summed E-state index contributed by atoms with van der Waals surface area (Å²) >= 11 is 1.30. The third-order valence-corrected chi connectivity index (χ3v) is 4.61. The van der Waals surface area contributed by atoms with E-state index in [4.69, 9.17) is 9.47 Å². The van der Waals surface area contributed by atoms with Crippen molar-refractivity contribution in [3.63, 3.8) is 0 Å². The summed E-state index contributed by atoms with van der Waals surface area (Å²) in [6.07, 6.45) is 3.36. The van der Waals surface area contributed by atoms with Gasteiger partial charge in [0.1, 0.15) is 9.88 Å². The number of rotatable bonds is 5. The number of hydrogen-bond donors (Lipinski definition) is 1. The first-order valence-corrected chi connectivity index (χ1v) is 8.22. The van der Waals surface area contributed by atoms with Gasteiger partial charge < -0.3 is 9.47 Å². The molecule has 1 amide bonds. The Hall–Kier alpha value is -1.84. The van der Waals surface area contributed by atoms with Gasteiger partial charge in [-0.05, 0) is 12.8 Å². The fourth-order valence-electron chi connectivity index (χ4n) is 2.41. The predicted octanol–water partition coefficient (Wildman–Crippen LogP) is 1.56. The molecule has 3 rings (SSSR count). The van der Waals surface area contributed by atoms with Crippen LogP contribution in [-0.4, -0.2) is 46.0 Å². The van der Waals surface area contributed by atoms with Crippen LogP contribution < -0.4 is 5.32 Å². The number of nitrogens with zero attached hydrogens (tertiary/aromatic N) is 4. The van der Waals surface area contributed by atoms with Crippen LogP contribution in [0.2, 0.25) is 0 Å². The SMILES string of the molecule is COCc1ncc(C(=O)Nc2nc(C3CCOCC3)nn2C)s1. The van der Waals surface area contributed by atoms with Crippen molar-refractivity contribution in [2.45, 2.75) is 25.4 Å². The average Bonchev–Trinajstić information content (AvgIpc) is 3.16. The summed E-state index contributed by atoms with van der Waals surface area (Å²) in [5.74, 6) is 1.25. The van der Waals surface area contributed by atoms with Crippen molar-refractivity contribution in [3.8, 4) is 0 Å². The van der Waals surface area contributed by atoms with E-state index in [-0.39, 0.29) is 11.8 Å². The molecule has 23 heavy (non-hydrogen) atoms. The normalized spacial score (nSPS) is 15.7. The Kier molecular flexibility index (Phi) is 4.99. The van der Waals surface area contributed by atoms with Crippen LogP contribution in [0.15, 0.2) is 6.20 Å². The van der Waals surface area contributed by atoms with Gasteiger partial charge in [-0.3, -0.25) is 10.1 Å². The molecule has 1 saturated heterocycles. The summed E-state index contributed by atoms with van der Waals surface area (Å²) in [5.41, 5.74) is 0. The molecule has 2 aromatic rings. The Balaban J connectivity index is 1.69. The molecule has 9 heteroatoms. The molecule has 0 aromatic carbocycles. The van der Waals surface area contributed by atoms with E-state index < -0.39 is 0 Å². The maximum atomic E-state index is 12.3. The molecule has 0 atom stereocenters. The first kappa shape index (κ1) is 16.0.